The van der Waals surface area contributed by atoms with E-state index in [2.05, 4.69) is 25.2 Å². The highest BCUT2D eigenvalue weighted by Crippen LogP contribution is 2.44. The Hall–Kier alpha value is -1.05. The molecule has 0 bridgehead atoms. The number of hydrogen-bond acceptors (Lipinski definition) is 2. The lowest BCUT2D eigenvalue weighted by Gasteiger charge is -2.38. The molecule has 0 aliphatic heterocycles. The van der Waals surface area contributed by atoms with Gasteiger partial charge in [0.15, 0.2) is 0 Å². The molecule has 0 spiro atoms. The number of esters is 1. The first kappa shape index (κ1) is 10.5. The van der Waals surface area contributed by atoms with Crippen molar-refractivity contribution in [3.8, 4) is 0 Å². The van der Waals surface area contributed by atoms with Gasteiger partial charge in [0, 0.05) is 6.92 Å². The van der Waals surface area contributed by atoms with Crippen molar-refractivity contribution < 1.29 is 9.53 Å². The third-order valence-electron chi connectivity index (χ3n) is 3.52. The van der Waals surface area contributed by atoms with Crippen molar-refractivity contribution in [3.05, 3.63) is 23.8 Å². The van der Waals surface area contributed by atoms with E-state index in [1.165, 1.54) is 25.3 Å². The monoisotopic (exact) mass is 206 g/mol. The van der Waals surface area contributed by atoms with Crippen LogP contribution >= 0.6 is 0 Å². The van der Waals surface area contributed by atoms with Crippen molar-refractivity contribution in [1.82, 2.24) is 0 Å². The van der Waals surface area contributed by atoms with Gasteiger partial charge in [-0.1, -0.05) is 19.1 Å². The van der Waals surface area contributed by atoms with Gasteiger partial charge in [-0.15, -0.1) is 0 Å². The van der Waals surface area contributed by atoms with Crippen LogP contribution in [0, 0.1) is 5.41 Å². The third kappa shape index (κ3) is 2.14. The van der Waals surface area contributed by atoms with E-state index in [1.54, 1.807) is 0 Å². The smallest absolute Gasteiger partial charge is 0.303 e. The highest BCUT2D eigenvalue weighted by molar-refractivity contribution is 5.66. The second-order valence-corrected chi connectivity index (χ2v) is 4.81. The van der Waals surface area contributed by atoms with Crippen LogP contribution in [0.25, 0.3) is 0 Å². The summed E-state index contributed by atoms with van der Waals surface area (Å²) in [7, 11) is 0. The fourth-order valence-corrected chi connectivity index (χ4v) is 2.53. The number of fused-ring (bicyclic) bond motifs is 1. The lowest BCUT2D eigenvalue weighted by molar-refractivity contribution is -0.144. The molecule has 82 valence electrons. The predicted octanol–water partition coefficient (Wildman–Crippen LogP) is 2.99. The average Bonchev–Trinajstić information content (AvgIpc) is 2.17. The largest absolute Gasteiger partial charge is 0.458 e. The molecule has 2 heteroatoms. The average molecular weight is 206 g/mol. The first-order valence-corrected chi connectivity index (χ1v) is 5.66. The van der Waals surface area contributed by atoms with Crippen molar-refractivity contribution in [3.63, 3.8) is 0 Å². The summed E-state index contributed by atoms with van der Waals surface area (Å²) in [5.41, 5.74) is 1.68. The Morgan fingerprint density at radius 2 is 2.33 bits per heavy atom. The summed E-state index contributed by atoms with van der Waals surface area (Å²) < 4.78 is 5.24. The van der Waals surface area contributed by atoms with Crippen LogP contribution in [0.1, 0.15) is 39.5 Å². The molecule has 0 radical (unpaired) electrons. The Labute approximate surface area is 91.0 Å². The lowest BCUT2D eigenvalue weighted by atomic mass is 9.68. The van der Waals surface area contributed by atoms with Crippen LogP contribution in [-0.4, -0.2) is 12.1 Å². The minimum atomic E-state index is -0.180. The summed E-state index contributed by atoms with van der Waals surface area (Å²) in [4.78, 5) is 10.9. The van der Waals surface area contributed by atoms with E-state index in [4.69, 9.17) is 4.74 Å². The van der Waals surface area contributed by atoms with Crippen molar-refractivity contribution in [2.75, 3.05) is 0 Å². The van der Waals surface area contributed by atoms with E-state index < -0.39 is 0 Å². The number of hydrogen-bond donors (Lipinski definition) is 0. The van der Waals surface area contributed by atoms with Crippen LogP contribution < -0.4 is 0 Å². The van der Waals surface area contributed by atoms with Crippen LogP contribution in [0.5, 0.6) is 0 Å². The second kappa shape index (κ2) is 3.84. The highest BCUT2D eigenvalue weighted by atomic mass is 16.5. The molecule has 0 saturated heterocycles. The van der Waals surface area contributed by atoms with Crippen molar-refractivity contribution >= 4 is 5.97 Å². The van der Waals surface area contributed by atoms with E-state index in [1.807, 2.05) is 0 Å². The minimum Gasteiger partial charge on any atom is -0.458 e. The number of ether oxygens (including phenoxy) is 1. The van der Waals surface area contributed by atoms with Gasteiger partial charge < -0.3 is 4.74 Å². The lowest BCUT2D eigenvalue weighted by Crippen LogP contribution is -2.30. The van der Waals surface area contributed by atoms with Gasteiger partial charge in [0.25, 0.3) is 0 Å². The summed E-state index contributed by atoms with van der Waals surface area (Å²) >= 11 is 0. The van der Waals surface area contributed by atoms with Gasteiger partial charge in [-0.25, -0.2) is 0 Å². The van der Waals surface area contributed by atoms with Gasteiger partial charge in [-0.3, -0.25) is 4.79 Å². The first-order chi connectivity index (χ1) is 7.10. The maximum atomic E-state index is 10.9. The molecule has 0 fully saturated rings. The first-order valence-electron chi connectivity index (χ1n) is 5.66. The Bertz CT molecular complexity index is 327. The fourth-order valence-electron chi connectivity index (χ4n) is 2.53. The maximum absolute atomic E-state index is 10.9. The van der Waals surface area contributed by atoms with E-state index in [-0.39, 0.29) is 12.1 Å². The number of rotatable bonds is 1. The fraction of sp³-hybridized carbons (Fsp3) is 0.615. The normalized spacial score (nSPS) is 34.3. The molecule has 0 saturated carbocycles. The quantitative estimate of drug-likeness (QED) is 0.616. The third-order valence-corrected chi connectivity index (χ3v) is 3.52. The molecule has 2 rings (SSSR count). The van der Waals surface area contributed by atoms with Crippen LogP contribution in [0.2, 0.25) is 0 Å². The molecule has 15 heavy (non-hydrogen) atoms. The summed E-state index contributed by atoms with van der Waals surface area (Å²) in [6.45, 7) is 3.79. The molecule has 2 nitrogen and oxygen atoms in total. The molecule has 0 unspecified atom stereocenters. The molecule has 0 amide bonds. The molecule has 0 aromatic rings. The standard InChI is InChI=1S/C13H18O2/c1-10(14)15-12-6-8-13(2)7-4-3-5-11(13)9-12/h3,5,9,12H,4,6-8H2,1-2H3/t12-,13-/m0/s1. The summed E-state index contributed by atoms with van der Waals surface area (Å²) in [6.07, 6.45) is 11.0. The van der Waals surface area contributed by atoms with Crippen LogP contribution in [0.15, 0.2) is 23.8 Å². The SMILES string of the molecule is CC(=O)O[C@@H]1C=C2C=CCC[C@@]2(C)CC1. The van der Waals surface area contributed by atoms with Gasteiger partial charge >= 0.3 is 5.97 Å². The zero-order valence-electron chi connectivity index (χ0n) is 9.45. The summed E-state index contributed by atoms with van der Waals surface area (Å²) in [5, 5.41) is 0. The topological polar surface area (TPSA) is 26.3 Å². The Balaban J connectivity index is 2.17. The Morgan fingerprint density at radius 3 is 3.07 bits per heavy atom. The molecule has 2 atom stereocenters. The molecular formula is C13H18O2. The Morgan fingerprint density at radius 1 is 1.53 bits per heavy atom. The van der Waals surface area contributed by atoms with E-state index in [9.17, 15) is 4.79 Å². The van der Waals surface area contributed by atoms with Crippen LogP contribution in [-0.2, 0) is 9.53 Å². The van der Waals surface area contributed by atoms with Gasteiger partial charge in [-0.05, 0) is 42.7 Å². The predicted molar refractivity (Wildman–Crippen MR) is 59.4 cm³/mol. The molecular weight excluding hydrogens is 188 g/mol. The van der Waals surface area contributed by atoms with E-state index >= 15 is 0 Å². The zero-order valence-corrected chi connectivity index (χ0v) is 9.45. The summed E-state index contributed by atoms with van der Waals surface area (Å²) in [6, 6.07) is 0. The summed E-state index contributed by atoms with van der Waals surface area (Å²) in [5.74, 6) is -0.180. The van der Waals surface area contributed by atoms with Crippen molar-refractivity contribution in [2.24, 2.45) is 5.41 Å². The molecule has 0 aromatic carbocycles. The number of carbonyl (C=O) groups excluding carboxylic acids is 1. The van der Waals surface area contributed by atoms with Crippen molar-refractivity contribution in [1.29, 1.82) is 0 Å². The minimum absolute atomic E-state index is 0.00618. The Kier molecular flexibility index (Phi) is 2.68. The van der Waals surface area contributed by atoms with Gasteiger partial charge in [0.2, 0.25) is 0 Å². The zero-order chi connectivity index (χ0) is 10.9. The molecule has 0 N–H and O–H groups in total. The highest BCUT2D eigenvalue weighted by Gasteiger charge is 2.34. The van der Waals surface area contributed by atoms with Gasteiger partial charge in [0.05, 0.1) is 0 Å². The number of allylic oxidation sites excluding steroid dienone is 3. The van der Waals surface area contributed by atoms with E-state index in [0.29, 0.717) is 5.41 Å². The van der Waals surface area contributed by atoms with Gasteiger partial charge in [0.1, 0.15) is 6.10 Å². The van der Waals surface area contributed by atoms with Gasteiger partial charge in [-0.2, -0.15) is 0 Å². The maximum Gasteiger partial charge on any atom is 0.303 e. The molecule has 2 aliphatic rings. The van der Waals surface area contributed by atoms with Crippen LogP contribution in [0.3, 0.4) is 0 Å². The molecule has 2 aliphatic carbocycles. The molecule has 0 aromatic heterocycles. The van der Waals surface area contributed by atoms with Crippen molar-refractivity contribution in [2.45, 2.75) is 45.6 Å². The van der Waals surface area contributed by atoms with E-state index in [0.717, 1.165) is 12.8 Å². The number of carbonyl (C=O) groups is 1. The second-order valence-electron chi connectivity index (χ2n) is 4.81. The van der Waals surface area contributed by atoms with Crippen LogP contribution in [0.4, 0.5) is 0 Å². The molecule has 0 heterocycles.